The molecule has 0 unspecified atom stereocenters. The molecular formula is C21H26N4. The zero-order chi connectivity index (χ0) is 17.9. The SMILES string of the molecule is CC1=C(/C=C/c2cc(Nc3ccccc3)nc(N)n2)C(C)(C)CCC1. The number of hydrogen-bond acceptors (Lipinski definition) is 4. The summed E-state index contributed by atoms with van der Waals surface area (Å²) in [5, 5.41) is 3.27. The lowest BCUT2D eigenvalue weighted by Crippen LogP contribution is -2.19. The van der Waals surface area contributed by atoms with E-state index in [0.717, 1.165) is 11.4 Å². The van der Waals surface area contributed by atoms with E-state index >= 15 is 0 Å². The first-order valence-corrected chi connectivity index (χ1v) is 8.79. The van der Waals surface area contributed by atoms with Gasteiger partial charge in [-0.15, -0.1) is 0 Å². The zero-order valence-corrected chi connectivity index (χ0v) is 15.2. The van der Waals surface area contributed by atoms with Crippen LogP contribution in [0.3, 0.4) is 0 Å². The van der Waals surface area contributed by atoms with Gasteiger partial charge in [0.25, 0.3) is 0 Å². The molecule has 0 spiro atoms. The maximum atomic E-state index is 5.89. The third-order valence-electron chi connectivity index (χ3n) is 4.77. The summed E-state index contributed by atoms with van der Waals surface area (Å²) in [6.07, 6.45) is 7.90. The molecule has 25 heavy (non-hydrogen) atoms. The van der Waals surface area contributed by atoms with Gasteiger partial charge in [-0.2, -0.15) is 4.98 Å². The normalized spacial score (nSPS) is 17.1. The maximum Gasteiger partial charge on any atom is 0.222 e. The number of aromatic nitrogens is 2. The van der Waals surface area contributed by atoms with E-state index in [2.05, 4.69) is 42.1 Å². The summed E-state index contributed by atoms with van der Waals surface area (Å²) in [6.45, 7) is 6.86. The molecular weight excluding hydrogens is 308 g/mol. The number of rotatable bonds is 4. The van der Waals surface area contributed by atoms with Crippen molar-refractivity contribution in [1.82, 2.24) is 9.97 Å². The van der Waals surface area contributed by atoms with Crippen LogP contribution in [-0.2, 0) is 0 Å². The molecule has 0 bridgehead atoms. The van der Waals surface area contributed by atoms with Crippen LogP contribution in [0.4, 0.5) is 17.5 Å². The fraction of sp³-hybridized carbons (Fsp3) is 0.333. The Bertz CT molecular complexity index is 804. The van der Waals surface area contributed by atoms with Crippen LogP contribution in [-0.4, -0.2) is 9.97 Å². The van der Waals surface area contributed by atoms with Crippen LogP contribution < -0.4 is 11.1 Å². The number of nitrogens with two attached hydrogens (primary N) is 1. The summed E-state index contributed by atoms with van der Waals surface area (Å²) in [7, 11) is 0. The molecule has 3 N–H and O–H groups in total. The van der Waals surface area contributed by atoms with Crippen LogP contribution in [0.15, 0.2) is 53.6 Å². The summed E-state index contributed by atoms with van der Waals surface area (Å²) < 4.78 is 0. The van der Waals surface area contributed by atoms with E-state index in [1.165, 1.54) is 30.4 Å². The Hall–Kier alpha value is -2.62. The maximum absolute atomic E-state index is 5.89. The number of hydrogen-bond donors (Lipinski definition) is 2. The van der Waals surface area contributed by atoms with Gasteiger partial charge in [-0.25, -0.2) is 4.98 Å². The second-order valence-corrected chi connectivity index (χ2v) is 7.29. The Morgan fingerprint density at radius 1 is 1.12 bits per heavy atom. The van der Waals surface area contributed by atoms with Gasteiger partial charge in [0.1, 0.15) is 5.82 Å². The Labute approximate surface area is 149 Å². The highest BCUT2D eigenvalue weighted by Gasteiger charge is 2.26. The molecule has 1 aromatic heterocycles. The number of para-hydroxylation sites is 1. The first kappa shape index (κ1) is 17.2. The minimum Gasteiger partial charge on any atom is -0.368 e. The zero-order valence-electron chi connectivity index (χ0n) is 15.2. The van der Waals surface area contributed by atoms with E-state index in [1.807, 2.05) is 42.5 Å². The predicted molar refractivity (Wildman–Crippen MR) is 106 cm³/mol. The highest BCUT2D eigenvalue weighted by atomic mass is 15.1. The smallest absolute Gasteiger partial charge is 0.222 e. The van der Waals surface area contributed by atoms with Crippen LogP contribution in [0.1, 0.15) is 45.7 Å². The fourth-order valence-electron chi connectivity index (χ4n) is 3.48. The van der Waals surface area contributed by atoms with Crippen molar-refractivity contribution in [3.8, 4) is 0 Å². The minimum atomic E-state index is 0.211. The van der Waals surface area contributed by atoms with E-state index < -0.39 is 0 Å². The molecule has 1 aliphatic carbocycles. The minimum absolute atomic E-state index is 0.211. The van der Waals surface area contributed by atoms with Gasteiger partial charge in [-0.3, -0.25) is 0 Å². The molecule has 1 aromatic carbocycles. The van der Waals surface area contributed by atoms with Crippen molar-refractivity contribution in [3.05, 3.63) is 59.3 Å². The van der Waals surface area contributed by atoms with Crippen molar-refractivity contribution in [3.63, 3.8) is 0 Å². The van der Waals surface area contributed by atoms with Gasteiger partial charge >= 0.3 is 0 Å². The van der Waals surface area contributed by atoms with E-state index in [-0.39, 0.29) is 11.4 Å². The Kier molecular flexibility index (Phi) is 4.88. The molecule has 0 saturated carbocycles. The topological polar surface area (TPSA) is 63.8 Å². The lowest BCUT2D eigenvalue weighted by molar-refractivity contribution is 0.377. The molecule has 1 heterocycles. The number of nitrogens with zero attached hydrogens (tertiary/aromatic N) is 2. The molecule has 0 amide bonds. The van der Waals surface area contributed by atoms with Crippen LogP contribution >= 0.6 is 0 Å². The Morgan fingerprint density at radius 2 is 1.88 bits per heavy atom. The Morgan fingerprint density at radius 3 is 2.60 bits per heavy atom. The van der Waals surface area contributed by atoms with Crippen LogP contribution in [0.5, 0.6) is 0 Å². The van der Waals surface area contributed by atoms with Gasteiger partial charge < -0.3 is 11.1 Å². The molecule has 1 aliphatic rings. The molecule has 4 heteroatoms. The second kappa shape index (κ2) is 7.09. The quantitative estimate of drug-likeness (QED) is 0.792. The summed E-state index contributed by atoms with van der Waals surface area (Å²) in [5.74, 6) is 0.973. The van der Waals surface area contributed by atoms with Crippen LogP contribution in [0, 0.1) is 5.41 Å². The number of nitrogen functional groups attached to an aromatic ring is 1. The van der Waals surface area contributed by atoms with Crippen LogP contribution in [0.2, 0.25) is 0 Å². The number of allylic oxidation sites excluding steroid dienone is 3. The molecule has 0 radical (unpaired) electrons. The van der Waals surface area contributed by atoms with Crippen molar-refractivity contribution in [2.45, 2.75) is 40.0 Å². The van der Waals surface area contributed by atoms with Gasteiger partial charge in [0.15, 0.2) is 0 Å². The van der Waals surface area contributed by atoms with Crippen molar-refractivity contribution >= 4 is 23.5 Å². The molecule has 0 aliphatic heterocycles. The standard InChI is InChI=1S/C21H26N4/c1-15-8-7-13-21(2,3)18(15)12-11-17-14-19(25-20(22)24-17)23-16-9-5-4-6-10-16/h4-6,9-12,14H,7-8,13H2,1-3H3,(H3,22,23,24,25)/b12-11+. The summed E-state index contributed by atoms with van der Waals surface area (Å²) in [5.41, 5.74) is 10.8. The molecule has 0 saturated heterocycles. The summed E-state index contributed by atoms with van der Waals surface area (Å²) in [6, 6.07) is 11.8. The second-order valence-electron chi connectivity index (χ2n) is 7.29. The number of anilines is 3. The average Bonchev–Trinajstić information content (AvgIpc) is 2.54. The molecule has 130 valence electrons. The van der Waals surface area contributed by atoms with E-state index in [4.69, 9.17) is 5.73 Å². The molecule has 3 rings (SSSR count). The average molecular weight is 334 g/mol. The Balaban J connectivity index is 1.85. The molecule has 2 aromatic rings. The first-order chi connectivity index (χ1) is 11.9. The third kappa shape index (κ3) is 4.27. The van der Waals surface area contributed by atoms with E-state index in [0.29, 0.717) is 5.82 Å². The summed E-state index contributed by atoms with van der Waals surface area (Å²) in [4.78, 5) is 8.63. The molecule has 0 atom stereocenters. The highest BCUT2D eigenvalue weighted by molar-refractivity contribution is 5.61. The monoisotopic (exact) mass is 334 g/mol. The van der Waals surface area contributed by atoms with Gasteiger partial charge in [0, 0.05) is 11.8 Å². The van der Waals surface area contributed by atoms with Crippen LogP contribution in [0.25, 0.3) is 6.08 Å². The van der Waals surface area contributed by atoms with Gasteiger partial charge in [-0.1, -0.05) is 43.7 Å². The summed E-state index contributed by atoms with van der Waals surface area (Å²) >= 11 is 0. The first-order valence-electron chi connectivity index (χ1n) is 8.79. The van der Waals surface area contributed by atoms with Gasteiger partial charge in [0.2, 0.25) is 5.95 Å². The highest BCUT2D eigenvalue weighted by Crippen LogP contribution is 2.40. The third-order valence-corrected chi connectivity index (χ3v) is 4.77. The predicted octanol–water partition coefficient (Wildman–Crippen LogP) is 5.34. The van der Waals surface area contributed by atoms with E-state index in [1.54, 1.807) is 0 Å². The lowest BCUT2D eigenvalue weighted by atomic mass is 9.72. The van der Waals surface area contributed by atoms with Gasteiger partial charge in [0.05, 0.1) is 5.69 Å². The van der Waals surface area contributed by atoms with Crippen molar-refractivity contribution < 1.29 is 0 Å². The fourth-order valence-corrected chi connectivity index (χ4v) is 3.48. The van der Waals surface area contributed by atoms with Crippen molar-refractivity contribution in [2.75, 3.05) is 11.1 Å². The molecule has 0 fully saturated rings. The molecule has 4 nitrogen and oxygen atoms in total. The van der Waals surface area contributed by atoms with Crippen molar-refractivity contribution in [1.29, 1.82) is 0 Å². The van der Waals surface area contributed by atoms with E-state index in [9.17, 15) is 0 Å². The lowest BCUT2D eigenvalue weighted by Gasteiger charge is -2.32. The van der Waals surface area contributed by atoms with Crippen molar-refractivity contribution in [2.24, 2.45) is 5.41 Å². The number of benzene rings is 1. The van der Waals surface area contributed by atoms with Gasteiger partial charge in [-0.05, 0) is 55.4 Å². The number of nitrogens with one attached hydrogen (secondary N) is 1. The largest absolute Gasteiger partial charge is 0.368 e.